The fourth-order valence-corrected chi connectivity index (χ4v) is 10.6. The molecular formula is C46H52ClN9O6. The summed E-state index contributed by atoms with van der Waals surface area (Å²) in [6.45, 7) is 6.91. The van der Waals surface area contributed by atoms with Crippen molar-refractivity contribution in [2.45, 2.75) is 95.2 Å². The second kappa shape index (κ2) is 17.6. The summed E-state index contributed by atoms with van der Waals surface area (Å²) in [4.78, 5) is 71.9. The van der Waals surface area contributed by atoms with Crippen molar-refractivity contribution in [1.82, 2.24) is 30.6 Å². The molecular weight excluding hydrogens is 810 g/mol. The number of nitrogens with one attached hydrogen (secondary N) is 2. The largest absolute Gasteiger partial charge is 0.490 e. The SMILES string of the molecule is N#Cc1ccc(O[C@H]2CC[C@H](NC(=O)c3ccc(N4CCC5(CCN(CC6CCN(c7ccc8c(c7)C(=O)N(C7CCC(=O)NC7=O)C8=O)CC6)CC5)CC4)nn3)CC2)cc1Cl. The molecule has 0 radical (unpaired) electrons. The van der Waals surface area contributed by atoms with Gasteiger partial charge < -0.3 is 24.8 Å². The van der Waals surface area contributed by atoms with E-state index in [4.69, 9.17) is 21.6 Å². The van der Waals surface area contributed by atoms with E-state index in [-0.39, 0.29) is 36.8 Å². The first kappa shape index (κ1) is 41.7. The van der Waals surface area contributed by atoms with E-state index in [2.05, 4.69) is 41.6 Å². The number of amides is 5. The third kappa shape index (κ3) is 8.72. The molecule has 1 unspecified atom stereocenters. The van der Waals surface area contributed by atoms with E-state index in [1.807, 2.05) is 12.1 Å². The van der Waals surface area contributed by atoms with Crippen LogP contribution in [0.3, 0.4) is 0 Å². The summed E-state index contributed by atoms with van der Waals surface area (Å²) in [6, 6.07) is 15.3. The standard InChI is InChI=1S/C46H52ClN9O6/c47-37-26-34(5-1-30(37)27-48)62-33-6-2-31(3-7-33)49-42(58)38-9-11-40(52-51-38)55-23-17-46(18-24-55)15-21-53(22-16-46)28-29-13-19-54(20-14-29)32-4-8-35-36(25-32)45(61)56(44(35)60)39-10-12-41(57)50-43(39)59/h1,4-5,8-9,11,25-26,29,31,33,39H,2-3,6-7,10,12-24,28H2,(H,49,58)(H,50,57,59)/t31-,33-,39?. The fourth-order valence-electron chi connectivity index (χ4n) is 10.4. The number of hydrogen-bond acceptors (Lipinski definition) is 12. The summed E-state index contributed by atoms with van der Waals surface area (Å²) < 4.78 is 6.10. The van der Waals surface area contributed by atoms with Gasteiger partial charge in [-0.2, -0.15) is 5.26 Å². The number of hydrogen-bond donors (Lipinski definition) is 2. The molecule has 4 saturated heterocycles. The molecule has 1 aromatic heterocycles. The van der Waals surface area contributed by atoms with Crippen LogP contribution in [0.2, 0.25) is 5.02 Å². The highest BCUT2D eigenvalue weighted by Crippen LogP contribution is 2.42. The molecule has 62 heavy (non-hydrogen) atoms. The van der Waals surface area contributed by atoms with Crippen molar-refractivity contribution in [3.8, 4) is 11.8 Å². The Morgan fingerprint density at radius 3 is 2.23 bits per heavy atom. The maximum atomic E-state index is 13.4. The fraction of sp³-hybridized carbons (Fsp3) is 0.522. The number of benzene rings is 2. The lowest BCUT2D eigenvalue weighted by molar-refractivity contribution is -0.136. The van der Waals surface area contributed by atoms with E-state index in [1.165, 1.54) is 12.8 Å². The lowest BCUT2D eigenvalue weighted by Crippen LogP contribution is -2.54. The molecule has 1 atom stereocenters. The zero-order chi connectivity index (χ0) is 43.0. The number of aromatic nitrogens is 2. The molecule has 5 aliphatic heterocycles. The minimum atomic E-state index is -0.965. The van der Waals surface area contributed by atoms with Gasteiger partial charge in [0.05, 0.1) is 27.8 Å². The summed E-state index contributed by atoms with van der Waals surface area (Å²) in [7, 11) is 0. The van der Waals surface area contributed by atoms with Gasteiger partial charge in [-0.25, -0.2) is 0 Å². The summed E-state index contributed by atoms with van der Waals surface area (Å²) in [5, 5.41) is 23.7. The molecule has 15 nitrogen and oxygen atoms in total. The molecule has 1 saturated carbocycles. The molecule has 2 aromatic carbocycles. The highest BCUT2D eigenvalue weighted by molar-refractivity contribution is 6.31. The number of fused-ring (bicyclic) bond motifs is 1. The van der Waals surface area contributed by atoms with Gasteiger partial charge in [0.1, 0.15) is 17.9 Å². The first-order valence-electron chi connectivity index (χ1n) is 22.1. The van der Waals surface area contributed by atoms with E-state index < -0.39 is 23.8 Å². The van der Waals surface area contributed by atoms with Crippen molar-refractivity contribution in [2.24, 2.45) is 11.3 Å². The first-order valence-corrected chi connectivity index (χ1v) is 22.5. The average Bonchev–Trinajstić information content (AvgIpc) is 3.53. The topological polar surface area (TPSA) is 181 Å². The predicted molar refractivity (Wildman–Crippen MR) is 230 cm³/mol. The second-order valence-electron chi connectivity index (χ2n) is 18.0. The molecule has 324 valence electrons. The van der Waals surface area contributed by atoms with E-state index in [9.17, 15) is 24.0 Å². The van der Waals surface area contributed by atoms with Gasteiger partial charge in [-0.1, -0.05) is 11.6 Å². The Morgan fingerprint density at radius 2 is 1.55 bits per heavy atom. The number of piperidine rings is 4. The normalized spacial score (nSPS) is 24.5. The summed E-state index contributed by atoms with van der Waals surface area (Å²) >= 11 is 6.16. The first-order chi connectivity index (χ1) is 30.0. The van der Waals surface area contributed by atoms with Crippen LogP contribution in [0, 0.1) is 22.7 Å². The maximum absolute atomic E-state index is 13.4. The van der Waals surface area contributed by atoms with E-state index >= 15 is 0 Å². The van der Waals surface area contributed by atoms with Crippen LogP contribution in [0.4, 0.5) is 11.5 Å². The van der Waals surface area contributed by atoms with Crippen molar-refractivity contribution in [2.75, 3.05) is 55.6 Å². The highest BCUT2D eigenvalue weighted by Gasteiger charge is 2.45. The van der Waals surface area contributed by atoms with Gasteiger partial charge in [-0.3, -0.25) is 34.2 Å². The van der Waals surface area contributed by atoms with E-state index in [0.29, 0.717) is 44.5 Å². The van der Waals surface area contributed by atoms with Crippen LogP contribution in [-0.4, -0.2) is 114 Å². The smallest absolute Gasteiger partial charge is 0.272 e. The Labute approximate surface area is 366 Å². The lowest BCUT2D eigenvalue weighted by Gasteiger charge is -2.48. The number of imide groups is 2. The van der Waals surface area contributed by atoms with Crippen LogP contribution in [-0.2, 0) is 9.59 Å². The van der Waals surface area contributed by atoms with Crippen LogP contribution >= 0.6 is 11.6 Å². The number of nitrogens with zero attached hydrogens (tertiary/aromatic N) is 7. The van der Waals surface area contributed by atoms with Crippen molar-refractivity contribution in [3.63, 3.8) is 0 Å². The minimum absolute atomic E-state index is 0.0267. The number of ether oxygens (including phenoxy) is 1. The monoisotopic (exact) mass is 861 g/mol. The Kier molecular flexibility index (Phi) is 11.9. The Hall–Kier alpha value is -5.59. The number of halogens is 1. The minimum Gasteiger partial charge on any atom is -0.490 e. The van der Waals surface area contributed by atoms with Crippen LogP contribution in [0.1, 0.15) is 114 Å². The van der Waals surface area contributed by atoms with Crippen LogP contribution in [0.15, 0.2) is 48.5 Å². The van der Waals surface area contributed by atoms with Gasteiger partial charge in [-0.05, 0) is 138 Å². The van der Waals surface area contributed by atoms with Gasteiger partial charge in [0.25, 0.3) is 17.7 Å². The molecule has 6 aliphatic rings. The molecule has 1 aliphatic carbocycles. The van der Waals surface area contributed by atoms with Gasteiger partial charge >= 0.3 is 0 Å². The number of rotatable bonds is 9. The third-order valence-electron chi connectivity index (χ3n) is 14.2. The molecule has 9 rings (SSSR count). The average molecular weight is 862 g/mol. The number of likely N-dealkylation sites (tertiary alicyclic amines) is 1. The molecule has 0 bridgehead atoms. The van der Waals surface area contributed by atoms with E-state index in [0.717, 1.165) is 114 Å². The van der Waals surface area contributed by atoms with Crippen LogP contribution in [0.25, 0.3) is 0 Å². The maximum Gasteiger partial charge on any atom is 0.272 e. The molecule has 3 aromatic rings. The lowest BCUT2D eigenvalue weighted by atomic mass is 9.71. The van der Waals surface area contributed by atoms with Gasteiger partial charge in [0.15, 0.2) is 11.5 Å². The van der Waals surface area contributed by atoms with Crippen LogP contribution < -0.4 is 25.2 Å². The number of anilines is 2. The Bertz CT molecular complexity index is 2270. The molecule has 2 N–H and O–H groups in total. The summed E-state index contributed by atoms with van der Waals surface area (Å²) in [5.41, 5.74) is 2.64. The van der Waals surface area contributed by atoms with Crippen molar-refractivity contribution < 1.29 is 28.7 Å². The third-order valence-corrected chi connectivity index (χ3v) is 14.6. The number of carbonyl (C=O) groups excluding carboxylic acids is 5. The Morgan fingerprint density at radius 1 is 0.823 bits per heavy atom. The summed E-state index contributed by atoms with van der Waals surface area (Å²) in [5.74, 6) is -0.0822. The van der Waals surface area contributed by atoms with Crippen LogP contribution in [0.5, 0.6) is 5.75 Å². The van der Waals surface area contributed by atoms with Crippen molar-refractivity contribution in [1.29, 1.82) is 5.26 Å². The van der Waals surface area contributed by atoms with Crippen molar-refractivity contribution >= 4 is 52.6 Å². The van der Waals surface area contributed by atoms with Gasteiger partial charge in [0, 0.05) is 56.9 Å². The molecule has 1 spiro atoms. The quantitative estimate of drug-likeness (QED) is 0.272. The zero-order valence-electron chi connectivity index (χ0n) is 34.8. The van der Waals surface area contributed by atoms with Gasteiger partial charge in [0.2, 0.25) is 11.8 Å². The van der Waals surface area contributed by atoms with E-state index in [1.54, 1.807) is 36.4 Å². The van der Waals surface area contributed by atoms with Crippen molar-refractivity contribution in [3.05, 3.63) is 75.9 Å². The summed E-state index contributed by atoms with van der Waals surface area (Å²) in [6.07, 6.45) is 10.2. The van der Waals surface area contributed by atoms with Gasteiger partial charge in [-0.15, -0.1) is 10.2 Å². The zero-order valence-corrected chi connectivity index (χ0v) is 35.6. The molecule has 6 heterocycles. The highest BCUT2D eigenvalue weighted by atomic mass is 35.5. The molecule has 16 heteroatoms. The Balaban J connectivity index is 0.682. The molecule has 5 fully saturated rings. The second-order valence-corrected chi connectivity index (χ2v) is 18.4. The predicted octanol–water partition coefficient (Wildman–Crippen LogP) is 5.12. The number of carbonyl (C=O) groups is 5. The number of nitriles is 1. The molecule has 5 amide bonds.